The molecule has 104 valence electrons. The van der Waals surface area contributed by atoms with Gasteiger partial charge in [0, 0.05) is 17.3 Å². The van der Waals surface area contributed by atoms with Crippen molar-refractivity contribution in [3.05, 3.63) is 41.6 Å². The van der Waals surface area contributed by atoms with Gasteiger partial charge < -0.3 is 9.30 Å². The fourth-order valence-corrected chi connectivity index (χ4v) is 2.27. The Labute approximate surface area is 117 Å². The SMILES string of the molecule is COC(=O)Cc1c(C)n(C=CC(C)=O)c2ccccc12. The third-order valence-corrected chi connectivity index (χ3v) is 3.29. The van der Waals surface area contributed by atoms with Gasteiger partial charge >= 0.3 is 5.97 Å². The molecule has 20 heavy (non-hydrogen) atoms. The van der Waals surface area contributed by atoms with Crippen molar-refractivity contribution in [1.29, 1.82) is 0 Å². The van der Waals surface area contributed by atoms with Gasteiger partial charge in [-0.05, 0) is 31.6 Å². The minimum Gasteiger partial charge on any atom is -0.469 e. The van der Waals surface area contributed by atoms with Crippen LogP contribution in [0.15, 0.2) is 30.3 Å². The second-order valence-corrected chi connectivity index (χ2v) is 4.63. The molecule has 0 atom stereocenters. The Hall–Kier alpha value is -2.36. The monoisotopic (exact) mass is 271 g/mol. The van der Waals surface area contributed by atoms with Gasteiger partial charge in [-0.3, -0.25) is 9.59 Å². The molecule has 0 unspecified atom stereocenters. The first-order valence-electron chi connectivity index (χ1n) is 6.38. The van der Waals surface area contributed by atoms with Crippen LogP contribution in [0.5, 0.6) is 0 Å². The first-order valence-corrected chi connectivity index (χ1v) is 6.38. The van der Waals surface area contributed by atoms with Crippen molar-refractivity contribution in [3.8, 4) is 0 Å². The van der Waals surface area contributed by atoms with E-state index in [2.05, 4.69) is 0 Å². The number of esters is 1. The summed E-state index contributed by atoms with van der Waals surface area (Å²) < 4.78 is 6.67. The van der Waals surface area contributed by atoms with Crippen molar-refractivity contribution in [2.75, 3.05) is 7.11 Å². The third kappa shape index (κ3) is 2.64. The van der Waals surface area contributed by atoms with Crippen LogP contribution in [-0.2, 0) is 20.7 Å². The second kappa shape index (κ2) is 5.74. The maximum Gasteiger partial charge on any atom is 0.310 e. The maximum atomic E-state index is 11.5. The molecular weight excluding hydrogens is 254 g/mol. The molecule has 0 spiro atoms. The van der Waals surface area contributed by atoms with Gasteiger partial charge in [-0.25, -0.2) is 0 Å². The Morgan fingerprint density at radius 2 is 2.00 bits per heavy atom. The number of hydrogen-bond donors (Lipinski definition) is 0. The normalized spacial score (nSPS) is 11.2. The molecule has 0 fully saturated rings. The summed E-state index contributed by atoms with van der Waals surface area (Å²) >= 11 is 0. The molecule has 4 nitrogen and oxygen atoms in total. The molecular formula is C16H17NO3. The zero-order valence-corrected chi connectivity index (χ0v) is 11.8. The molecule has 2 aromatic rings. The summed E-state index contributed by atoms with van der Waals surface area (Å²) in [7, 11) is 1.38. The molecule has 0 saturated carbocycles. The average Bonchev–Trinajstić information content (AvgIpc) is 2.69. The fourth-order valence-electron chi connectivity index (χ4n) is 2.27. The van der Waals surface area contributed by atoms with Crippen LogP contribution in [0.2, 0.25) is 0 Å². The van der Waals surface area contributed by atoms with Crippen LogP contribution in [0.1, 0.15) is 18.2 Å². The Kier molecular flexibility index (Phi) is 4.03. The summed E-state index contributed by atoms with van der Waals surface area (Å²) in [5.74, 6) is -0.289. The Morgan fingerprint density at radius 1 is 1.30 bits per heavy atom. The minimum absolute atomic E-state index is 0.0169. The maximum absolute atomic E-state index is 11.5. The van der Waals surface area contributed by atoms with E-state index in [1.165, 1.54) is 20.1 Å². The number of rotatable bonds is 4. The van der Waals surface area contributed by atoms with Gasteiger partial charge in [0.25, 0.3) is 0 Å². The van der Waals surface area contributed by atoms with Crippen LogP contribution in [0, 0.1) is 6.92 Å². The number of carbonyl (C=O) groups is 2. The van der Waals surface area contributed by atoms with Gasteiger partial charge in [-0.2, -0.15) is 0 Å². The van der Waals surface area contributed by atoms with Crippen molar-refractivity contribution in [2.24, 2.45) is 0 Å². The van der Waals surface area contributed by atoms with E-state index in [1.807, 2.05) is 35.8 Å². The molecule has 0 bridgehead atoms. The van der Waals surface area contributed by atoms with Crippen molar-refractivity contribution >= 4 is 28.9 Å². The van der Waals surface area contributed by atoms with Crippen molar-refractivity contribution in [1.82, 2.24) is 4.57 Å². The van der Waals surface area contributed by atoms with Crippen LogP contribution < -0.4 is 0 Å². The summed E-state index contributed by atoms with van der Waals surface area (Å²) in [6, 6.07) is 7.80. The number of hydrogen-bond acceptors (Lipinski definition) is 3. The summed E-state index contributed by atoms with van der Waals surface area (Å²) in [4.78, 5) is 22.7. The number of ketones is 1. The summed E-state index contributed by atoms with van der Waals surface area (Å²) in [5.41, 5.74) is 2.84. The minimum atomic E-state index is -0.272. The van der Waals surface area contributed by atoms with Gasteiger partial charge in [0.15, 0.2) is 5.78 Å². The van der Waals surface area contributed by atoms with E-state index in [1.54, 1.807) is 6.20 Å². The quantitative estimate of drug-likeness (QED) is 0.634. The highest BCUT2D eigenvalue weighted by atomic mass is 16.5. The number of aromatic nitrogens is 1. The largest absolute Gasteiger partial charge is 0.469 e. The predicted octanol–water partition coefficient (Wildman–Crippen LogP) is 2.72. The predicted molar refractivity (Wildman–Crippen MR) is 78.4 cm³/mol. The van der Waals surface area contributed by atoms with Gasteiger partial charge in [0.2, 0.25) is 0 Å². The summed E-state index contributed by atoms with van der Waals surface area (Å²) in [6.07, 6.45) is 3.48. The zero-order valence-electron chi connectivity index (χ0n) is 11.8. The molecule has 1 aromatic heterocycles. The number of ether oxygens (including phenoxy) is 1. The van der Waals surface area contributed by atoms with Crippen molar-refractivity contribution in [2.45, 2.75) is 20.3 Å². The number of benzene rings is 1. The van der Waals surface area contributed by atoms with Crippen LogP contribution in [0.4, 0.5) is 0 Å². The lowest BCUT2D eigenvalue weighted by Gasteiger charge is -2.02. The van der Waals surface area contributed by atoms with Gasteiger partial charge in [-0.15, -0.1) is 0 Å². The van der Waals surface area contributed by atoms with Crippen LogP contribution in [-0.4, -0.2) is 23.4 Å². The highest BCUT2D eigenvalue weighted by molar-refractivity contribution is 5.93. The van der Waals surface area contributed by atoms with E-state index >= 15 is 0 Å². The zero-order chi connectivity index (χ0) is 14.7. The fraction of sp³-hybridized carbons (Fsp3) is 0.250. The molecule has 0 radical (unpaired) electrons. The summed E-state index contributed by atoms with van der Waals surface area (Å²) in [6.45, 7) is 3.44. The van der Waals surface area contributed by atoms with E-state index in [0.717, 1.165) is 22.2 Å². The molecule has 0 aliphatic heterocycles. The van der Waals surface area contributed by atoms with E-state index in [4.69, 9.17) is 4.74 Å². The van der Waals surface area contributed by atoms with Gasteiger partial charge in [-0.1, -0.05) is 18.2 Å². The molecule has 1 heterocycles. The first kappa shape index (κ1) is 14.1. The Morgan fingerprint density at radius 3 is 2.65 bits per heavy atom. The van der Waals surface area contributed by atoms with Crippen LogP contribution >= 0.6 is 0 Å². The molecule has 0 aliphatic rings. The van der Waals surface area contributed by atoms with Crippen molar-refractivity contribution in [3.63, 3.8) is 0 Å². The number of allylic oxidation sites excluding steroid dienone is 1. The van der Waals surface area contributed by atoms with E-state index < -0.39 is 0 Å². The second-order valence-electron chi connectivity index (χ2n) is 4.63. The highest BCUT2D eigenvalue weighted by Crippen LogP contribution is 2.26. The molecule has 2 rings (SSSR count). The lowest BCUT2D eigenvalue weighted by molar-refractivity contribution is -0.139. The molecule has 0 saturated heterocycles. The van der Waals surface area contributed by atoms with Crippen molar-refractivity contribution < 1.29 is 14.3 Å². The van der Waals surface area contributed by atoms with E-state index in [9.17, 15) is 9.59 Å². The Balaban J connectivity index is 2.61. The first-order chi connectivity index (χ1) is 9.54. The number of carbonyl (C=O) groups excluding carboxylic acids is 2. The topological polar surface area (TPSA) is 48.3 Å². The van der Waals surface area contributed by atoms with Crippen LogP contribution in [0.25, 0.3) is 17.1 Å². The summed E-state index contributed by atoms with van der Waals surface area (Å²) in [5, 5.41) is 1.00. The molecule has 0 aliphatic carbocycles. The molecule has 1 aromatic carbocycles. The number of para-hydroxylation sites is 1. The van der Waals surface area contributed by atoms with E-state index in [0.29, 0.717) is 0 Å². The highest BCUT2D eigenvalue weighted by Gasteiger charge is 2.15. The number of fused-ring (bicyclic) bond motifs is 1. The smallest absolute Gasteiger partial charge is 0.310 e. The number of nitrogens with zero attached hydrogens (tertiary/aromatic N) is 1. The third-order valence-electron chi connectivity index (χ3n) is 3.29. The Bertz CT molecular complexity index is 695. The van der Waals surface area contributed by atoms with Gasteiger partial charge in [0.05, 0.1) is 19.0 Å². The number of methoxy groups -OCH3 is 1. The van der Waals surface area contributed by atoms with Crippen LogP contribution in [0.3, 0.4) is 0 Å². The average molecular weight is 271 g/mol. The van der Waals surface area contributed by atoms with Gasteiger partial charge in [0.1, 0.15) is 0 Å². The molecule has 4 heteroatoms. The molecule has 0 N–H and O–H groups in total. The molecule has 0 amide bonds. The van der Waals surface area contributed by atoms with E-state index in [-0.39, 0.29) is 18.2 Å². The lowest BCUT2D eigenvalue weighted by Crippen LogP contribution is -2.05. The lowest BCUT2D eigenvalue weighted by atomic mass is 10.1. The standard InChI is InChI=1S/C16H17NO3/c1-11(18)8-9-17-12(2)14(10-16(19)20-3)13-6-4-5-7-15(13)17/h4-9H,10H2,1-3H3.